The number of nitrogens with one attached hydrogen (secondary N) is 1. The molecule has 0 saturated heterocycles. The Labute approximate surface area is 253 Å². The fourth-order valence-electron chi connectivity index (χ4n) is 3.64. The summed E-state index contributed by atoms with van der Waals surface area (Å²) in [7, 11) is 1.66. The normalized spacial score (nSPS) is 10.6. The zero-order valence-corrected chi connectivity index (χ0v) is 24.8. The van der Waals surface area contributed by atoms with Crippen molar-refractivity contribution < 1.29 is 23.7 Å². The van der Waals surface area contributed by atoms with Gasteiger partial charge in [0, 0.05) is 17.2 Å². The number of benzene rings is 4. The highest BCUT2D eigenvalue weighted by molar-refractivity contribution is 14.1. The highest BCUT2D eigenvalue weighted by Crippen LogP contribution is 2.28. The Kier molecular flexibility index (Phi) is 9.76. The van der Waals surface area contributed by atoms with E-state index in [0.29, 0.717) is 28.6 Å². The van der Waals surface area contributed by atoms with Gasteiger partial charge in [0.05, 0.1) is 10.7 Å². The summed E-state index contributed by atoms with van der Waals surface area (Å²) in [5.74, 6) is 2.26. The third-order valence-corrected chi connectivity index (χ3v) is 6.72. The molecule has 6 nitrogen and oxygen atoms in total. The van der Waals surface area contributed by atoms with E-state index in [9.17, 15) is 4.79 Å². The summed E-state index contributed by atoms with van der Waals surface area (Å²) in [5, 5.41) is 7.74. The summed E-state index contributed by atoms with van der Waals surface area (Å²) >= 11 is 2.25. The number of methoxy groups -OCH3 is 1. The van der Waals surface area contributed by atoms with Crippen molar-refractivity contribution in [3.05, 3.63) is 130 Å². The lowest BCUT2D eigenvalue weighted by atomic mass is 10.0. The SMILES string of the molecule is C=C(C)C(=N)Oc1ccc(C(=C)Oc2ccc(OC(=O)/C=C/c3ccc(-c4ccc(OC)c(I)c4)cc3)cc2)cc1. The predicted octanol–water partition coefficient (Wildman–Crippen LogP) is 8.57. The van der Waals surface area contributed by atoms with Crippen LogP contribution in [0.15, 0.2) is 116 Å². The van der Waals surface area contributed by atoms with Gasteiger partial charge in [-0.25, -0.2) is 4.79 Å². The van der Waals surface area contributed by atoms with Crippen molar-refractivity contribution in [1.82, 2.24) is 0 Å². The van der Waals surface area contributed by atoms with Gasteiger partial charge < -0.3 is 18.9 Å². The van der Waals surface area contributed by atoms with Gasteiger partial charge in [0.2, 0.25) is 5.90 Å². The summed E-state index contributed by atoms with van der Waals surface area (Å²) in [6.45, 7) is 9.37. The molecule has 0 radical (unpaired) electrons. The number of esters is 1. The number of rotatable bonds is 10. The molecule has 0 spiro atoms. The van der Waals surface area contributed by atoms with Crippen molar-refractivity contribution in [2.45, 2.75) is 6.92 Å². The average molecular weight is 658 g/mol. The molecule has 0 aliphatic carbocycles. The lowest BCUT2D eigenvalue weighted by Crippen LogP contribution is -2.07. The molecule has 0 aromatic heterocycles. The fraction of sp³-hybridized carbons (Fsp3) is 0.0588. The zero-order valence-electron chi connectivity index (χ0n) is 22.6. The summed E-state index contributed by atoms with van der Waals surface area (Å²) in [6, 6.07) is 27.7. The Hall–Kier alpha value is -4.63. The van der Waals surface area contributed by atoms with Crippen molar-refractivity contribution in [1.29, 1.82) is 5.41 Å². The first-order chi connectivity index (χ1) is 19.7. The van der Waals surface area contributed by atoms with Crippen LogP contribution >= 0.6 is 22.6 Å². The maximum Gasteiger partial charge on any atom is 0.336 e. The molecule has 0 fully saturated rings. The zero-order chi connectivity index (χ0) is 29.4. The third kappa shape index (κ3) is 8.18. The quantitative estimate of drug-likeness (QED) is 0.0352. The van der Waals surface area contributed by atoms with Crippen LogP contribution in [0.3, 0.4) is 0 Å². The Morgan fingerprint density at radius 2 is 1.34 bits per heavy atom. The minimum atomic E-state index is -0.487. The van der Waals surface area contributed by atoms with Gasteiger partial charge in [-0.05, 0) is 113 Å². The van der Waals surface area contributed by atoms with Gasteiger partial charge in [-0.15, -0.1) is 0 Å². The van der Waals surface area contributed by atoms with Crippen LogP contribution in [0, 0.1) is 8.98 Å². The predicted molar refractivity (Wildman–Crippen MR) is 172 cm³/mol. The summed E-state index contributed by atoms with van der Waals surface area (Å²) < 4.78 is 23.0. The van der Waals surface area contributed by atoms with Gasteiger partial charge in [-0.3, -0.25) is 5.41 Å². The molecular formula is C34H28INO5. The van der Waals surface area contributed by atoms with E-state index in [-0.39, 0.29) is 5.90 Å². The van der Waals surface area contributed by atoms with Crippen LogP contribution in [0.2, 0.25) is 0 Å². The standard InChI is InChI=1S/C34H28INO5/c1-22(2)34(36)41-30-13-10-25(11-14-30)23(3)39-28-15-17-29(18-16-28)40-33(37)20-7-24-5-8-26(9-6-24)27-12-19-32(38-4)31(35)21-27/h5-21,36H,1,3H2,2,4H3/b20-7+,36-34?. The Balaban J connectivity index is 1.29. The molecule has 41 heavy (non-hydrogen) atoms. The molecule has 0 amide bonds. The topological polar surface area (TPSA) is 77.8 Å². The first-order valence-electron chi connectivity index (χ1n) is 12.6. The molecule has 7 heteroatoms. The summed E-state index contributed by atoms with van der Waals surface area (Å²) in [4.78, 5) is 12.4. The van der Waals surface area contributed by atoms with Crippen LogP contribution in [0.4, 0.5) is 0 Å². The Bertz CT molecular complexity index is 1600. The molecule has 0 bridgehead atoms. The average Bonchev–Trinajstić information content (AvgIpc) is 2.97. The van der Waals surface area contributed by atoms with Crippen LogP contribution < -0.4 is 18.9 Å². The smallest absolute Gasteiger partial charge is 0.336 e. The summed E-state index contributed by atoms with van der Waals surface area (Å²) in [6.07, 6.45) is 3.10. The van der Waals surface area contributed by atoms with E-state index in [4.69, 9.17) is 24.4 Å². The highest BCUT2D eigenvalue weighted by atomic mass is 127. The number of hydrogen-bond donors (Lipinski definition) is 1. The monoisotopic (exact) mass is 657 g/mol. The molecule has 0 aliphatic rings. The number of halogens is 1. The van der Waals surface area contributed by atoms with Gasteiger partial charge in [-0.2, -0.15) is 0 Å². The lowest BCUT2D eigenvalue weighted by molar-refractivity contribution is -0.128. The van der Waals surface area contributed by atoms with E-state index in [1.807, 2.05) is 36.4 Å². The molecule has 4 aromatic carbocycles. The summed E-state index contributed by atoms with van der Waals surface area (Å²) in [5.41, 5.74) is 4.33. The molecular weight excluding hydrogens is 629 g/mol. The number of hydrogen-bond acceptors (Lipinski definition) is 6. The maximum absolute atomic E-state index is 12.4. The van der Waals surface area contributed by atoms with Gasteiger partial charge in [0.1, 0.15) is 28.8 Å². The molecule has 0 unspecified atom stereocenters. The highest BCUT2D eigenvalue weighted by Gasteiger charge is 2.07. The Morgan fingerprint density at radius 1 is 0.780 bits per heavy atom. The van der Waals surface area contributed by atoms with E-state index in [0.717, 1.165) is 31.6 Å². The third-order valence-electron chi connectivity index (χ3n) is 5.87. The van der Waals surface area contributed by atoms with E-state index in [1.165, 1.54) is 6.08 Å². The molecule has 0 saturated carbocycles. The van der Waals surface area contributed by atoms with Crippen molar-refractivity contribution in [2.75, 3.05) is 7.11 Å². The molecule has 1 N–H and O–H groups in total. The van der Waals surface area contributed by atoms with Crippen LogP contribution in [-0.4, -0.2) is 19.0 Å². The second kappa shape index (κ2) is 13.6. The minimum absolute atomic E-state index is 0.0124. The van der Waals surface area contributed by atoms with Crippen LogP contribution in [0.1, 0.15) is 18.1 Å². The van der Waals surface area contributed by atoms with Crippen molar-refractivity contribution in [3.8, 4) is 34.1 Å². The van der Waals surface area contributed by atoms with Crippen LogP contribution in [0.5, 0.6) is 23.0 Å². The van der Waals surface area contributed by atoms with E-state index in [1.54, 1.807) is 68.6 Å². The first kappa shape index (κ1) is 29.4. The van der Waals surface area contributed by atoms with Crippen molar-refractivity contribution in [3.63, 3.8) is 0 Å². The maximum atomic E-state index is 12.4. The van der Waals surface area contributed by atoms with Gasteiger partial charge >= 0.3 is 5.97 Å². The van der Waals surface area contributed by atoms with E-state index in [2.05, 4.69) is 41.8 Å². The molecule has 206 valence electrons. The van der Waals surface area contributed by atoms with Crippen molar-refractivity contribution >= 4 is 46.3 Å². The van der Waals surface area contributed by atoms with Gasteiger partial charge in [0.15, 0.2) is 0 Å². The number of ether oxygens (including phenoxy) is 4. The number of carbonyl (C=O) groups is 1. The minimum Gasteiger partial charge on any atom is -0.496 e. The molecule has 4 rings (SSSR count). The van der Waals surface area contributed by atoms with Crippen LogP contribution in [-0.2, 0) is 4.79 Å². The van der Waals surface area contributed by atoms with Crippen LogP contribution in [0.25, 0.3) is 23.0 Å². The second-order valence-electron chi connectivity index (χ2n) is 8.96. The lowest BCUT2D eigenvalue weighted by Gasteiger charge is -2.11. The molecule has 0 atom stereocenters. The molecule has 0 aliphatic heterocycles. The number of carbonyl (C=O) groups excluding carboxylic acids is 1. The van der Waals surface area contributed by atoms with E-state index >= 15 is 0 Å². The fourth-order valence-corrected chi connectivity index (χ4v) is 4.37. The Morgan fingerprint density at radius 3 is 1.93 bits per heavy atom. The largest absolute Gasteiger partial charge is 0.496 e. The van der Waals surface area contributed by atoms with Gasteiger partial charge in [-0.1, -0.05) is 43.5 Å². The van der Waals surface area contributed by atoms with E-state index < -0.39 is 5.97 Å². The first-order valence-corrected chi connectivity index (χ1v) is 13.6. The molecule has 4 aromatic rings. The van der Waals surface area contributed by atoms with Crippen molar-refractivity contribution in [2.24, 2.45) is 0 Å². The molecule has 0 heterocycles. The van der Waals surface area contributed by atoms with Gasteiger partial charge in [0.25, 0.3) is 0 Å². The second-order valence-corrected chi connectivity index (χ2v) is 10.1.